The van der Waals surface area contributed by atoms with Gasteiger partial charge in [-0.15, -0.1) is 0 Å². The highest BCUT2D eigenvalue weighted by atomic mass is 32.2. The van der Waals surface area contributed by atoms with E-state index in [-0.39, 0.29) is 5.92 Å². The molecule has 0 spiro atoms. The summed E-state index contributed by atoms with van der Waals surface area (Å²) in [4.78, 5) is 12.0. The minimum Gasteiger partial charge on any atom is -0.457 e. The average Bonchev–Trinajstić information content (AvgIpc) is 2.31. The van der Waals surface area contributed by atoms with E-state index in [4.69, 9.17) is 4.55 Å². The van der Waals surface area contributed by atoms with Gasteiger partial charge in [0.1, 0.15) is 0 Å². The highest BCUT2D eigenvalue weighted by Gasteiger charge is 2.47. The predicted molar refractivity (Wildman–Crippen MR) is 72.2 cm³/mol. The molecule has 0 aromatic carbocycles. The van der Waals surface area contributed by atoms with Crippen LogP contribution in [0.5, 0.6) is 0 Å². The number of carbonyl (C=O) groups is 1. The summed E-state index contributed by atoms with van der Waals surface area (Å²) in [6, 6.07) is 0. The molecule has 21 heavy (non-hydrogen) atoms. The van der Waals surface area contributed by atoms with E-state index in [0.717, 1.165) is 0 Å². The molecule has 0 aliphatic heterocycles. The third-order valence-electron chi connectivity index (χ3n) is 3.18. The fraction of sp³-hybridized carbons (Fsp3) is 0.615. The van der Waals surface area contributed by atoms with E-state index < -0.39 is 33.4 Å². The van der Waals surface area contributed by atoms with Gasteiger partial charge in [0.15, 0.2) is 6.61 Å². The summed E-state index contributed by atoms with van der Waals surface area (Å²) < 4.78 is 59.8. The van der Waals surface area contributed by atoms with Crippen molar-refractivity contribution in [1.82, 2.24) is 0 Å². The third-order valence-corrected chi connectivity index (χ3v) is 4.06. The van der Waals surface area contributed by atoms with E-state index in [1.807, 2.05) is 19.1 Å². The normalized spacial score (nSPS) is 27.0. The third kappa shape index (κ3) is 4.60. The summed E-state index contributed by atoms with van der Waals surface area (Å²) >= 11 is 0. The van der Waals surface area contributed by atoms with Crippen LogP contribution in [-0.2, 0) is 19.6 Å². The van der Waals surface area contributed by atoms with Crippen LogP contribution in [0.4, 0.5) is 8.78 Å². The van der Waals surface area contributed by atoms with Gasteiger partial charge in [-0.3, -0.25) is 9.35 Å². The second kappa shape index (κ2) is 6.23. The standard InChI is InChI=1S/C13H18F2O5S/c1-10-6-4-3-5-7-12(2,8-10)11(16)20-9-13(14,15)21(17,18)19/h4-7,10H,3,8-9H2,1-2H3,(H,17,18,19). The molecule has 0 bridgehead atoms. The van der Waals surface area contributed by atoms with Crippen LogP contribution < -0.4 is 0 Å². The van der Waals surface area contributed by atoms with Crippen LogP contribution in [0.25, 0.3) is 0 Å². The Kier molecular flexibility index (Phi) is 5.27. The van der Waals surface area contributed by atoms with Gasteiger partial charge in [-0.25, -0.2) is 0 Å². The second-order valence-corrected chi connectivity index (χ2v) is 6.90. The number of halogens is 2. The maximum absolute atomic E-state index is 13.1. The fourth-order valence-corrected chi connectivity index (χ4v) is 2.27. The zero-order chi connectivity index (χ0) is 16.3. The lowest BCUT2D eigenvalue weighted by atomic mass is 9.80. The molecule has 0 amide bonds. The molecule has 1 N–H and O–H groups in total. The van der Waals surface area contributed by atoms with E-state index in [0.29, 0.717) is 12.8 Å². The molecular formula is C13H18F2O5S. The molecule has 0 aromatic heterocycles. The topological polar surface area (TPSA) is 80.7 Å². The molecule has 0 radical (unpaired) electrons. The summed E-state index contributed by atoms with van der Waals surface area (Å²) in [5.74, 6) is -0.918. The Morgan fingerprint density at radius 2 is 2.10 bits per heavy atom. The predicted octanol–water partition coefficient (Wildman–Crippen LogP) is 2.56. The number of hydrogen-bond donors (Lipinski definition) is 1. The van der Waals surface area contributed by atoms with E-state index in [1.165, 1.54) is 6.92 Å². The molecule has 2 atom stereocenters. The molecule has 8 heteroatoms. The summed E-state index contributed by atoms with van der Waals surface area (Å²) in [5.41, 5.74) is -1.13. The summed E-state index contributed by atoms with van der Waals surface area (Å²) in [6.45, 7) is 1.69. The first kappa shape index (κ1) is 17.8. The van der Waals surface area contributed by atoms with Crippen LogP contribution in [-0.4, -0.2) is 30.8 Å². The highest BCUT2D eigenvalue weighted by Crippen LogP contribution is 2.32. The quantitative estimate of drug-likeness (QED) is 0.488. The molecule has 0 saturated carbocycles. The van der Waals surface area contributed by atoms with Crippen LogP contribution >= 0.6 is 0 Å². The monoisotopic (exact) mass is 324 g/mol. The van der Waals surface area contributed by atoms with Gasteiger partial charge in [-0.2, -0.15) is 17.2 Å². The van der Waals surface area contributed by atoms with Crippen molar-refractivity contribution in [3.05, 3.63) is 24.3 Å². The smallest absolute Gasteiger partial charge is 0.402 e. The van der Waals surface area contributed by atoms with Crippen molar-refractivity contribution in [2.45, 2.75) is 31.9 Å². The number of hydrogen-bond acceptors (Lipinski definition) is 4. The second-order valence-electron chi connectivity index (χ2n) is 5.35. The van der Waals surface area contributed by atoms with Crippen LogP contribution in [0.3, 0.4) is 0 Å². The summed E-state index contributed by atoms with van der Waals surface area (Å²) in [7, 11) is -5.61. The SMILES string of the molecule is CC1C=CCC=CC(C)(C(=O)OCC(F)(F)S(=O)(=O)O)C1. The van der Waals surface area contributed by atoms with E-state index >= 15 is 0 Å². The molecule has 0 aromatic rings. The van der Waals surface area contributed by atoms with Gasteiger partial charge in [0.25, 0.3) is 0 Å². The first-order valence-corrected chi connectivity index (χ1v) is 7.78. The molecule has 0 saturated heterocycles. The van der Waals surface area contributed by atoms with Crippen LogP contribution in [0, 0.1) is 11.3 Å². The van der Waals surface area contributed by atoms with Crippen molar-refractivity contribution in [3.63, 3.8) is 0 Å². The number of alkyl halides is 2. The largest absolute Gasteiger partial charge is 0.457 e. The molecule has 1 rings (SSSR count). The molecule has 120 valence electrons. The Balaban J connectivity index is 2.80. The van der Waals surface area contributed by atoms with E-state index in [9.17, 15) is 22.0 Å². The van der Waals surface area contributed by atoms with Crippen LogP contribution in [0.1, 0.15) is 26.7 Å². The summed E-state index contributed by atoms with van der Waals surface area (Å²) in [6.07, 6.45) is 8.07. The lowest BCUT2D eigenvalue weighted by molar-refractivity contribution is -0.158. The van der Waals surface area contributed by atoms with Crippen molar-refractivity contribution >= 4 is 16.1 Å². The number of ether oxygens (including phenoxy) is 1. The number of esters is 1. The minimum atomic E-state index is -5.61. The summed E-state index contributed by atoms with van der Waals surface area (Å²) in [5, 5.41) is -4.52. The number of rotatable bonds is 4. The van der Waals surface area contributed by atoms with Gasteiger partial charge < -0.3 is 4.74 Å². The molecule has 0 heterocycles. The van der Waals surface area contributed by atoms with Gasteiger partial charge in [-0.05, 0) is 25.7 Å². The maximum Gasteiger partial charge on any atom is 0.402 e. The van der Waals surface area contributed by atoms with Crippen LogP contribution in [0.2, 0.25) is 0 Å². The van der Waals surface area contributed by atoms with Gasteiger partial charge in [0.2, 0.25) is 0 Å². The van der Waals surface area contributed by atoms with Gasteiger partial charge in [-0.1, -0.05) is 31.2 Å². The van der Waals surface area contributed by atoms with Crippen molar-refractivity contribution < 1.29 is 31.3 Å². The molecule has 1 aliphatic rings. The first-order valence-electron chi connectivity index (χ1n) is 6.34. The average molecular weight is 324 g/mol. The maximum atomic E-state index is 13.1. The van der Waals surface area contributed by atoms with Gasteiger partial charge >= 0.3 is 21.3 Å². The lowest BCUT2D eigenvalue weighted by Gasteiger charge is -2.27. The van der Waals surface area contributed by atoms with Crippen molar-refractivity contribution in [2.24, 2.45) is 11.3 Å². The molecule has 1 aliphatic carbocycles. The Morgan fingerprint density at radius 3 is 2.67 bits per heavy atom. The number of carbonyl (C=O) groups excluding carboxylic acids is 1. The number of allylic oxidation sites excluding steroid dienone is 3. The van der Waals surface area contributed by atoms with E-state index in [1.54, 1.807) is 12.2 Å². The zero-order valence-corrected chi connectivity index (χ0v) is 12.6. The van der Waals surface area contributed by atoms with Crippen molar-refractivity contribution in [1.29, 1.82) is 0 Å². The molecule has 0 fully saturated rings. The van der Waals surface area contributed by atoms with Crippen molar-refractivity contribution in [2.75, 3.05) is 6.61 Å². The minimum absolute atomic E-state index is 0.0367. The zero-order valence-electron chi connectivity index (χ0n) is 11.8. The fourth-order valence-electron chi connectivity index (χ4n) is 2.06. The Labute approximate surface area is 122 Å². The van der Waals surface area contributed by atoms with Gasteiger partial charge in [0.05, 0.1) is 5.41 Å². The lowest BCUT2D eigenvalue weighted by Crippen LogP contribution is -2.38. The van der Waals surface area contributed by atoms with Crippen molar-refractivity contribution in [3.8, 4) is 0 Å². The van der Waals surface area contributed by atoms with Gasteiger partial charge in [0, 0.05) is 0 Å². The Morgan fingerprint density at radius 1 is 1.48 bits per heavy atom. The highest BCUT2D eigenvalue weighted by molar-refractivity contribution is 7.86. The Hall–Kier alpha value is -1.28. The molecular weight excluding hydrogens is 306 g/mol. The Bertz CT molecular complexity index is 553. The van der Waals surface area contributed by atoms with Crippen LogP contribution in [0.15, 0.2) is 24.3 Å². The molecule has 5 nitrogen and oxygen atoms in total. The van der Waals surface area contributed by atoms with E-state index in [2.05, 4.69) is 4.74 Å². The molecule has 2 unspecified atom stereocenters. The first-order chi connectivity index (χ1) is 9.48.